The van der Waals surface area contributed by atoms with Crippen LogP contribution in [0.1, 0.15) is 48.4 Å². The summed E-state index contributed by atoms with van der Waals surface area (Å²) in [5, 5.41) is 9.81. The highest BCUT2D eigenvalue weighted by atomic mass is 19.4. The molecule has 0 bridgehead atoms. The second-order valence-corrected chi connectivity index (χ2v) is 8.84. The molecule has 1 unspecified atom stereocenters. The fourth-order valence-electron chi connectivity index (χ4n) is 3.98. The molecule has 0 saturated heterocycles. The molecule has 0 radical (unpaired) electrons. The standard InChI is InChI=1S/C27H25F5O2/c1-16(2)9-25(26(33)34)21-11-17(3-4-18-12-23(28)15-24(29)13-18)10-20(14-21)19-5-7-22(8-6-19)27(30,31)32/h5-8,10-16,25H,3-4,9H2,1-2H3,(H,33,34). The normalized spacial score (nSPS) is 12.7. The van der Waals surface area contributed by atoms with E-state index in [9.17, 15) is 31.9 Å². The van der Waals surface area contributed by atoms with E-state index >= 15 is 0 Å². The second-order valence-electron chi connectivity index (χ2n) is 8.84. The summed E-state index contributed by atoms with van der Waals surface area (Å²) < 4.78 is 66.0. The molecule has 0 aliphatic rings. The molecule has 0 spiro atoms. The highest BCUT2D eigenvalue weighted by molar-refractivity contribution is 5.77. The highest BCUT2D eigenvalue weighted by Gasteiger charge is 2.30. The third-order valence-corrected chi connectivity index (χ3v) is 5.59. The quantitative estimate of drug-likeness (QED) is 0.339. The summed E-state index contributed by atoms with van der Waals surface area (Å²) in [6.07, 6.45) is -3.39. The zero-order valence-electron chi connectivity index (χ0n) is 18.8. The average molecular weight is 476 g/mol. The molecule has 0 aliphatic heterocycles. The number of benzene rings is 3. The van der Waals surface area contributed by atoms with Crippen molar-refractivity contribution in [3.8, 4) is 11.1 Å². The van der Waals surface area contributed by atoms with Crippen LogP contribution in [-0.2, 0) is 23.8 Å². The van der Waals surface area contributed by atoms with Gasteiger partial charge in [-0.25, -0.2) is 8.78 Å². The van der Waals surface area contributed by atoms with Crippen molar-refractivity contribution in [3.63, 3.8) is 0 Å². The first-order chi connectivity index (χ1) is 15.9. The summed E-state index contributed by atoms with van der Waals surface area (Å²) in [5.74, 6) is -3.04. The number of hydrogen-bond acceptors (Lipinski definition) is 1. The van der Waals surface area contributed by atoms with E-state index in [0.717, 1.165) is 23.8 Å². The van der Waals surface area contributed by atoms with Gasteiger partial charge in [-0.05, 0) is 77.3 Å². The first-order valence-corrected chi connectivity index (χ1v) is 10.9. The summed E-state index contributed by atoms with van der Waals surface area (Å²) >= 11 is 0. The Balaban J connectivity index is 2.01. The van der Waals surface area contributed by atoms with Crippen LogP contribution in [0.2, 0.25) is 0 Å². The lowest BCUT2D eigenvalue weighted by molar-refractivity contribution is -0.139. The lowest BCUT2D eigenvalue weighted by Crippen LogP contribution is -2.14. The molecule has 2 nitrogen and oxygen atoms in total. The van der Waals surface area contributed by atoms with E-state index in [4.69, 9.17) is 0 Å². The van der Waals surface area contributed by atoms with Crippen molar-refractivity contribution < 1.29 is 31.9 Å². The number of halogens is 5. The lowest BCUT2D eigenvalue weighted by atomic mass is 9.86. The average Bonchev–Trinajstić information content (AvgIpc) is 2.74. The first-order valence-electron chi connectivity index (χ1n) is 10.9. The molecule has 3 aromatic rings. The third-order valence-electron chi connectivity index (χ3n) is 5.59. The van der Waals surface area contributed by atoms with Crippen LogP contribution in [-0.4, -0.2) is 11.1 Å². The molecular weight excluding hydrogens is 451 g/mol. The molecule has 1 N–H and O–H groups in total. The minimum Gasteiger partial charge on any atom is -0.481 e. The Morgan fingerprint density at radius 1 is 0.824 bits per heavy atom. The second kappa shape index (κ2) is 10.4. The summed E-state index contributed by atoms with van der Waals surface area (Å²) in [5.41, 5.74) is 2.05. The number of alkyl halides is 3. The Morgan fingerprint density at radius 3 is 1.88 bits per heavy atom. The van der Waals surface area contributed by atoms with E-state index in [1.165, 1.54) is 24.3 Å². The summed E-state index contributed by atoms with van der Waals surface area (Å²) in [4.78, 5) is 12.0. The zero-order chi connectivity index (χ0) is 25.0. The molecule has 3 rings (SSSR count). The number of rotatable bonds is 8. The predicted molar refractivity (Wildman–Crippen MR) is 120 cm³/mol. The molecule has 34 heavy (non-hydrogen) atoms. The van der Waals surface area contributed by atoms with Crippen molar-refractivity contribution in [2.45, 2.75) is 45.2 Å². The Morgan fingerprint density at radius 2 is 1.38 bits per heavy atom. The molecule has 0 saturated carbocycles. The van der Waals surface area contributed by atoms with Gasteiger partial charge in [0, 0.05) is 6.07 Å². The van der Waals surface area contributed by atoms with Crippen molar-refractivity contribution >= 4 is 5.97 Å². The number of aliphatic carboxylic acids is 1. The van der Waals surface area contributed by atoms with Gasteiger partial charge in [-0.15, -0.1) is 0 Å². The maximum Gasteiger partial charge on any atom is 0.416 e. The predicted octanol–water partition coefficient (Wildman–Crippen LogP) is 7.65. The molecule has 0 heterocycles. The largest absolute Gasteiger partial charge is 0.481 e. The van der Waals surface area contributed by atoms with Gasteiger partial charge in [-0.2, -0.15) is 13.2 Å². The van der Waals surface area contributed by atoms with E-state index in [2.05, 4.69) is 0 Å². The van der Waals surface area contributed by atoms with Gasteiger partial charge in [0.2, 0.25) is 0 Å². The van der Waals surface area contributed by atoms with Crippen LogP contribution >= 0.6 is 0 Å². The van der Waals surface area contributed by atoms with Gasteiger partial charge in [0.1, 0.15) is 11.6 Å². The fraction of sp³-hybridized carbons (Fsp3) is 0.296. The van der Waals surface area contributed by atoms with E-state index in [-0.39, 0.29) is 5.92 Å². The topological polar surface area (TPSA) is 37.3 Å². The van der Waals surface area contributed by atoms with Gasteiger partial charge in [-0.3, -0.25) is 4.79 Å². The fourth-order valence-corrected chi connectivity index (χ4v) is 3.98. The van der Waals surface area contributed by atoms with Crippen LogP contribution < -0.4 is 0 Å². The van der Waals surface area contributed by atoms with Gasteiger partial charge >= 0.3 is 12.1 Å². The zero-order valence-corrected chi connectivity index (χ0v) is 18.8. The smallest absolute Gasteiger partial charge is 0.416 e. The monoisotopic (exact) mass is 476 g/mol. The lowest BCUT2D eigenvalue weighted by Gasteiger charge is -2.18. The van der Waals surface area contributed by atoms with E-state index in [0.29, 0.717) is 41.5 Å². The van der Waals surface area contributed by atoms with Crippen LogP contribution in [0.3, 0.4) is 0 Å². The van der Waals surface area contributed by atoms with Crippen LogP contribution in [0.4, 0.5) is 22.0 Å². The van der Waals surface area contributed by atoms with Crippen LogP contribution in [0.5, 0.6) is 0 Å². The summed E-state index contributed by atoms with van der Waals surface area (Å²) in [7, 11) is 0. The van der Waals surface area contributed by atoms with Crippen molar-refractivity contribution in [3.05, 3.63) is 94.6 Å². The minimum absolute atomic E-state index is 0.106. The van der Waals surface area contributed by atoms with Gasteiger partial charge < -0.3 is 5.11 Å². The maximum absolute atomic E-state index is 13.6. The van der Waals surface area contributed by atoms with E-state index in [1.807, 2.05) is 13.8 Å². The van der Waals surface area contributed by atoms with Crippen molar-refractivity contribution in [1.29, 1.82) is 0 Å². The van der Waals surface area contributed by atoms with Crippen LogP contribution in [0, 0.1) is 17.6 Å². The molecular formula is C27H25F5O2. The molecule has 0 fully saturated rings. The number of carboxylic acids is 1. The minimum atomic E-state index is -4.46. The Hall–Kier alpha value is -3.22. The number of carbonyl (C=O) groups is 1. The SMILES string of the molecule is CC(C)CC(C(=O)O)c1cc(CCc2cc(F)cc(F)c2)cc(-c2ccc(C(F)(F)F)cc2)c1. The Labute approximate surface area is 195 Å². The Bertz CT molecular complexity index is 1130. The van der Waals surface area contributed by atoms with Crippen LogP contribution in [0.15, 0.2) is 60.7 Å². The summed E-state index contributed by atoms with van der Waals surface area (Å²) in [6, 6.07) is 13.2. The first kappa shape index (κ1) is 25.4. The Kier molecular flexibility index (Phi) is 7.75. The van der Waals surface area contributed by atoms with Gasteiger partial charge in [0.05, 0.1) is 11.5 Å². The van der Waals surface area contributed by atoms with Crippen molar-refractivity contribution in [2.75, 3.05) is 0 Å². The summed E-state index contributed by atoms with van der Waals surface area (Å²) in [6.45, 7) is 3.82. The molecule has 1 atom stereocenters. The molecule has 7 heteroatoms. The highest BCUT2D eigenvalue weighted by Crippen LogP contribution is 2.33. The van der Waals surface area contributed by atoms with Gasteiger partial charge in [0.15, 0.2) is 0 Å². The van der Waals surface area contributed by atoms with Gasteiger partial charge in [0.25, 0.3) is 0 Å². The van der Waals surface area contributed by atoms with Gasteiger partial charge in [-0.1, -0.05) is 44.2 Å². The maximum atomic E-state index is 13.6. The van der Waals surface area contributed by atoms with E-state index in [1.54, 1.807) is 18.2 Å². The molecule has 180 valence electrons. The molecule has 3 aromatic carbocycles. The van der Waals surface area contributed by atoms with Crippen LogP contribution in [0.25, 0.3) is 11.1 Å². The number of aryl methyl sites for hydroxylation is 2. The molecule has 0 amide bonds. The molecule has 0 aromatic heterocycles. The third kappa shape index (κ3) is 6.65. The van der Waals surface area contributed by atoms with Crippen molar-refractivity contribution in [1.82, 2.24) is 0 Å². The van der Waals surface area contributed by atoms with E-state index < -0.39 is 35.3 Å². The van der Waals surface area contributed by atoms with Crippen molar-refractivity contribution in [2.24, 2.45) is 5.92 Å². The number of hydrogen-bond donors (Lipinski definition) is 1. The molecule has 0 aliphatic carbocycles. The number of carboxylic acid groups (broad SMARTS) is 1.